The van der Waals surface area contributed by atoms with E-state index < -0.39 is 0 Å². The molecule has 32 heavy (non-hydrogen) atoms. The number of rotatable bonds is 9. The molecule has 166 valence electrons. The van der Waals surface area contributed by atoms with Gasteiger partial charge in [-0.1, -0.05) is 36.4 Å². The van der Waals surface area contributed by atoms with Crippen molar-refractivity contribution in [2.45, 2.75) is 30.4 Å². The highest BCUT2D eigenvalue weighted by Crippen LogP contribution is 2.26. The van der Waals surface area contributed by atoms with Gasteiger partial charge in [-0.3, -0.25) is 9.78 Å². The normalized spacial score (nSPS) is 14.1. The van der Waals surface area contributed by atoms with Gasteiger partial charge in [0.25, 0.3) is 0 Å². The van der Waals surface area contributed by atoms with Crippen LogP contribution in [0.1, 0.15) is 24.0 Å². The van der Waals surface area contributed by atoms with E-state index in [9.17, 15) is 4.79 Å². The minimum absolute atomic E-state index is 0.0352. The number of anilines is 2. The van der Waals surface area contributed by atoms with E-state index in [-0.39, 0.29) is 12.5 Å². The van der Waals surface area contributed by atoms with Crippen molar-refractivity contribution in [1.82, 2.24) is 4.98 Å². The monoisotopic (exact) mass is 447 g/mol. The fourth-order valence-electron chi connectivity index (χ4n) is 3.76. The van der Waals surface area contributed by atoms with Gasteiger partial charge in [0.2, 0.25) is 5.91 Å². The number of hydrogen-bond donors (Lipinski definition) is 1. The van der Waals surface area contributed by atoms with Gasteiger partial charge in [-0.05, 0) is 54.3 Å². The van der Waals surface area contributed by atoms with Gasteiger partial charge in [0.15, 0.2) is 0 Å². The lowest BCUT2D eigenvalue weighted by Gasteiger charge is -2.24. The molecule has 0 saturated carbocycles. The number of carbonyl (C=O) groups is 1. The zero-order valence-electron chi connectivity index (χ0n) is 18.2. The second-order valence-electron chi connectivity index (χ2n) is 7.92. The molecule has 1 amide bonds. The number of para-hydroxylation sites is 1. The SMILES string of the molecule is O=C(CN(Cc1cccnc1)c1ccccc1)Nc1cccc(CSC2CCOCC2)c1. The summed E-state index contributed by atoms with van der Waals surface area (Å²) >= 11 is 1.98. The summed E-state index contributed by atoms with van der Waals surface area (Å²) in [4.78, 5) is 19.2. The third-order valence-corrected chi connectivity index (χ3v) is 6.86. The first-order valence-electron chi connectivity index (χ1n) is 11.0. The van der Waals surface area contributed by atoms with Crippen LogP contribution >= 0.6 is 11.8 Å². The summed E-state index contributed by atoms with van der Waals surface area (Å²) in [5.41, 5.74) is 4.15. The van der Waals surface area contributed by atoms with Crippen molar-refractivity contribution in [1.29, 1.82) is 0 Å². The van der Waals surface area contributed by atoms with E-state index in [0.717, 1.165) is 48.7 Å². The molecule has 0 radical (unpaired) electrons. The molecule has 4 rings (SSSR count). The summed E-state index contributed by atoms with van der Waals surface area (Å²) in [7, 11) is 0. The quantitative estimate of drug-likeness (QED) is 0.492. The maximum atomic E-state index is 12.9. The molecule has 0 unspecified atom stereocenters. The molecular formula is C26H29N3O2S. The molecule has 1 aliphatic heterocycles. The van der Waals surface area contributed by atoms with Crippen LogP contribution in [0.2, 0.25) is 0 Å². The Morgan fingerprint density at radius 1 is 1.03 bits per heavy atom. The predicted octanol–water partition coefficient (Wildman–Crippen LogP) is 5.14. The van der Waals surface area contributed by atoms with Gasteiger partial charge in [0.1, 0.15) is 0 Å². The van der Waals surface area contributed by atoms with Gasteiger partial charge in [0.05, 0.1) is 6.54 Å². The molecule has 2 aromatic carbocycles. The fourth-order valence-corrected chi connectivity index (χ4v) is 4.89. The van der Waals surface area contributed by atoms with E-state index in [1.165, 1.54) is 5.56 Å². The van der Waals surface area contributed by atoms with E-state index >= 15 is 0 Å². The number of ether oxygens (including phenoxy) is 1. The van der Waals surface area contributed by atoms with Gasteiger partial charge in [-0.2, -0.15) is 11.8 Å². The molecule has 0 atom stereocenters. The summed E-state index contributed by atoms with van der Waals surface area (Å²) in [6.07, 6.45) is 5.84. The second kappa shape index (κ2) is 11.7. The minimum Gasteiger partial charge on any atom is -0.381 e. The molecule has 2 heterocycles. The van der Waals surface area contributed by atoms with Crippen molar-refractivity contribution in [2.75, 3.05) is 30.0 Å². The van der Waals surface area contributed by atoms with Gasteiger partial charge >= 0.3 is 0 Å². The molecule has 3 aromatic rings. The summed E-state index contributed by atoms with van der Waals surface area (Å²) in [5.74, 6) is 0.915. The van der Waals surface area contributed by atoms with Crippen LogP contribution in [0.3, 0.4) is 0 Å². The van der Waals surface area contributed by atoms with Crippen molar-refractivity contribution in [3.63, 3.8) is 0 Å². The lowest BCUT2D eigenvalue weighted by molar-refractivity contribution is -0.115. The number of carbonyl (C=O) groups excluding carboxylic acids is 1. The highest BCUT2D eigenvalue weighted by atomic mass is 32.2. The highest BCUT2D eigenvalue weighted by Gasteiger charge is 2.15. The Balaban J connectivity index is 1.37. The number of aromatic nitrogens is 1. The zero-order chi connectivity index (χ0) is 22.0. The number of benzene rings is 2. The van der Waals surface area contributed by atoms with Crippen LogP contribution in [-0.2, 0) is 21.8 Å². The molecule has 1 aromatic heterocycles. The summed E-state index contributed by atoms with van der Waals surface area (Å²) < 4.78 is 5.45. The number of amides is 1. The van der Waals surface area contributed by atoms with Crippen LogP contribution in [0.4, 0.5) is 11.4 Å². The number of nitrogens with one attached hydrogen (secondary N) is 1. The minimum atomic E-state index is -0.0352. The lowest BCUT2D eigenvalue weighted by Crippen LogP contribution is -2.33. The highest BCUT2D eigenvalue weighted by molar-refractivity contribution is 7.99. The number of thioether (sulfide) groups is 1. The summed E-state index contributed by atoms with van der Waals surface area (Å²) in [5, 5.41) is 3.74. The average molecular weight is 448 g/mol. The van der Waals surface area contributed by atoms with Crippen LogP contribution in [0.15, 0.2) is 79.1 Å². The molecule has 0 spiro atoms. The van der Waals surface area contributed by atoms with Crippen molar-refractivity contribution in [3.05, 3.63) is 90.3 Å². The number of nitrogens with zero attached hydrogens (tertiary/aromatic N) is 2. The van der Waals surface area contributed by atoms with Crippen LogP contribution < -0.4 is 10.2 Å². The zero-order valence-corrected chi connectivity index (χ0v) is 19.0. The van der Waals surface area contributed by atoms with Crippen molar-refractivity contribution in [3.8, 4) is 0 Å². The Kier molecular flexibility index (Phi) is 8.17. The fraction of sp³-hybridized carbons (Fsp3) is 0.308. The van der Waals surface area contributed by atoms with E-state index in [1.54, 1.807) is 6.20 Å². The van der Waals surface area contributed by atoms with Crippen LogP contribution in [0, 0.1) is 0 Å². The summed E-state index contributed by atoms with van der Waals surface area (Å²) in [6.45, 7) is 2.61. The molecule has 0 bridgehead atoms. The molecule has 6 heteroatoms. The molecule has 5 nitrogen and oxygen atoms in total. The van der Waals surface area contributed by atoms with Gasteiger partial charge in [0, 0.05) is 54.5 Å². The van der Waals surface area contributed by atoms with Crippen LogP contribution in [0.25, 0.3) is 0 Å². The first-order valence-corrected chi connectivity index (χ1v) is 12.1. The van der Waals surface area contributed by atoms with E-state index in [2.05, 4.69) is 27.3 Å². The predicted molar refractivity (Wildman–Crippen MR) is 132 cm³/mol. The van der Waals surface area contributed by atoms with Gasteiger partial charge in [-0.15, -0.1) is 0 Å². The Morgan fingerprint density at radius 2 is 1.84 bits per heavy atom. The smallest absolute Gasteiger partial charge is 0.243 e. The van der Waals surface area contributed by atoms with Crippen LogP contribution in [-0.4, -0.2) is 35.9 Å². The van der Waals surface area contributed by atoms with E-state index in [0.29, 0.717) is 11.8 Å². The molecule has 1 saturated heterocycles. The Bertz CT molecular complexity index is 979. The third-order valence-electron chi connectivity index (χ3n) is 5.42. The molecule has 1 fully saturated rings. The molecule has 0 aliphatic carbocycles. The Labute approximate surface area is 194 Å². The number of pyridine rings is 1. The van der Waals surface area contributed by atoms with Crippen molar-refractivity contribution < 1.29 is 9.53 Å². The van der Waals surface area contributed by atoms with Crippen molar-refractivity contribution >= 4 is 29.0 Å². The molecule has 1 aliphatic rings. The Morgan fingerprint density at radius 3 is 2.62 bits per heavy atom. The number of hydrogen-bond acceptors (Lipinski definition) is 5. The van der Waals surface area contributed by atoms with E-state index in [1.807, 2.05) is 72.6 Å². The topological polar surface area (TPSA) is 54.5 Å². The second-order valence-corrected chi connectivity index (χ2v) is 9.21. The average Bonchev–Trinajstić information content (AvgIpc) is 2.84. The van der Waals surface area contributed by atoms with Gasteiger partial charge in [-0.25, -0.2) is 0 Å². The summed E-state index contributed by atoms with van der Waals surface area (Å²) in [6, 6.07) is 22.1. The van der Waals surface area contributed by atoms with E-state index in [4.69, 9.17) is 4.74 Å². The third kappa shape index (κ3) is 6.84. The first-order chi connectivity index (χ1) is 15.8. The molecular weight excluding hydrogens is 418 g/mol. The lowest BCUT2D eigenvalue weighted by atomic mass is 10.2. The van der Waals surface area contributed by atoms with Gasteiger partial charge < -0.3 is 15.0 Å². The van der Waals surface area contributed by atoms with Crippen LogP contribution in [0.5, 0.6) is 0 Å². The first kappa shape index (κ1) is 22.4. The molecule has 1 N–H and O–H groups in total. The maximum Gasteiger partial charge on any atom is 0.243 e. The van der Waals surface area contributed by atoms with Crippen molar-refractivity contribution in [2.24, 2.45) is 0 Å². The Hall–Kier alpha value is -2.83. The standard InChI is InChI=1S/C26H29N3O2S/c30-26(19-29(24-9-2-1-3-10-24)18-22-7-5-13-27-17-22)28-23-8-4-6-21(16-23)20-32-25-11-14-31-15-12-25/h1-10,13,16-17,25H,11-12,14-15,18-20H2,(H,28,30). The maximum absolute atomic E-state index is 12.9. The largest absolute Gasteiger partial charge is 0.381 e.